The number of rotatable bonds is 12. The number of benzene rings is 3. The van der Waals surface area contributed by atoms with Crippen LogP contribution in [-0.2, 0) is 16.1 Å². The average Bonchev–Trinajstić information content (AvgIpc) is 3.10. The van der Waals surface area contributed by atoms with Gasteiger partial charge in [-0.3, -0.25) is 24.2 Å². The lowest BCUT2D eigenvalue weighted by Gasteiger charge is -2.38. The summed E-state index contributed by atoms with van der Waals surface area (Å²) in [7, 11) is 2.00. The van der Waals surface area contributed by atoms with Crippen molar-refractivity contribution in [1.29, 1.82) is 0 Å². The average molecular weight is 673 g/mol. The minimum Gasteiger partial charge on any atom is -0.488 e. The molecule has 0 saturated carbocycles. The molecule has 12 nitrogen and oxygen atoms in total. The van der Waals surface area contributed by atoms with Crippen molar-refractivity contribution in [2.24, 2.45) is 5.92 Å². The van der Waals surface area contributed by atoms with E-state index in [1.807, 2.05) is 45.2 Å². The number of nitrogens with zero attached hydrogens (tertiary/aromatic N) is 3. The van der Waals surface area contributed by atoms with Crippen LogP contribution >= 0.6 is 0 Å². The third-order valence-corrected chi connectivity index (χ3v) is 9.08. The molecule has 0 unspecified atom stereocenters. The molecule has 3 atom stereocenters. The fraction of sp³-hybridized carbons (Fsp3) is 0.432. The van der Waals surface area contributed by atoms with Gasteiger partial charge in [0.2, 0.25) is 5.91 Å². The number of aliphatic hydroxyl groups is 1. The van der Waals surface area contributed by atoms with Gasteiger partial charge in [-0.15, -0.1) is 0 Å². The fourth-order valence-corrected chi connectivity index (χ4v) is 6.08. The number of carbonyl (C=O) groups excluding carboxylic acids is 3. The van der Waals surface area contributed by atoms with E-state index in [0.717, 1.165) is 18.7 Å². The maximum atomic E-state index is 13.8. The number of likely N-dealkylation sites (N-methyl/N-ethyl adjacent to an activating group) is 1. The highest BCUT2D eigenvalue weighted by Gasteiger charge is 2.33. The van der Waals surface area contributed by atoms with Crippen molar-refractivity contribution < 1.29 is 29.0 Å². The lowest BCUT2D eigenvalue weighted by molar-refractivity contribution is -0.116. The van der Waals surface area contributed by atoms with Crippen LogP contribution in [0.15, 0.2) is 66.7 Å². The summed E-state index contributed by atoms with van der Waals surface area (Å²) >= 11 is 0. The second-order valence-corrected chi connectivity index (χ2v) is 13.0. The van der Waals surface area contributed by atoms with Crippen LogP contribution in [0.25, 0.3) is 0 Å². The molecule has 2 aliphatic rings. The molecule has 0 radical (unpaired) electrons. The van der Waals surface area contributed by atoms with Gasteiger partial charge < -0.3 is 35.8 Å². The normalized spacial score (nSPS) is 19.0. The molecule has 3 aromatic carbocycles. The zero-order chi connectivity index (χ0) is 34.9. The Morgan fingerprint density at radius 2 is 1.80 bits per heavy atom. The van der Waals surface area contributed by atoms with Gasteiger partial charge in [0.25, 0.3) is 11.8 Å². The van der Waals surface area contributed by atoms with Gasteiger partial charge in [-0.05, 0) is 62.0 Å². The molecular formula is C37H48N6O6. The van der Waals surface area contributed by atoms with E-state index >= 15 is 0 Å². The van der Waals surface area contributed by atoms with Gasteiger partial charge in [0.15, 0.2) is 0 Å². The van der Waals surface area contributed by atoms with Crippen molar-refractivity contribution in [3.05, 3.63) is 83.4 Å². The molecule has 2 heterocycles. The number of carbonyl (C=O) groups is 3. The van der Waals surface area contributed by atoms with Gasteiger partial charge in [0.05, 0.1) is 42.8 Å². The summed E-state index contributed by atoms with van der Waals surface area (Å²) in [6.45, 7) is 8.86. The van der Waals surface area contributed by atoms with Crippen LogP contribution in [-0.4, -0.2) is 109 Å². The Morgan fingerprint density at radius 1 is 1.06 bits per heavy atom. The van der Waals surface area contributed by atoms with Gasteiger partial charge in [0.1, 0.15) is 11.9 Å². The summed E-state index contributed by atoms with van der Waals surface area (Å²) < 4.78 is 11.9. The summed E-state index contributed by atoms with van der Waals surface area (Å²) in [4.78, 5) is 45.4. The highest BCUT2D eigenvalue weighted by Crippen LogP contribution is 2.31. The Labute approximate surface area is 288 Å². The summed E-state index contributed by atoms with van der Waals surface area (Å²) in [5.41, 5.74) is 9.46. The van der Waals surface area contributed by atoms with Gasteiger partial charge >= 0.3 is 0 Å². The van der Waals surface area contributed by atoms with Crippen molar-refractivity contribution in [3.63, 3.8) is 0 Å². The monoisotopic (exact) mass is 672 g/mol. The Kier molecular flexibility index (Phi) is 12.2. The highest BCUT2D eigenvalue weighted by molar-refractivity contribution is 6.05. The molecule has 12 heteroatoms. The molecule has 1 fully saturated rings. The Morgan fingerprint density at radius 3 is 2.51 bits per heavy atom. The van der Waals surface area contributed by atoms with Crippen LogP contribution in [0.5, 0.6) is 5.75 Å². The van der Waals surface area contributed by atoms with E-state index in [1.165, 1.54) is 0 Å². The molecular weight excluding hydrogens is 624 g/mol. The minimum absolute atomic E-state index is 0.0513. The number of anilines is 3. The lowest BCUT2D eigenvalue weighted by atomic mass is 9.99. The van der Waals surface area contributed by atoms with Crippen molar-refractivity contribution in [3.8, 4) is 5.75 Å². The minimum atomic E-state index is -0.403. The number of nitrogens with two attached hydrogens (primary N) is 1. The predicted molar refractivity (Wildman–Crippen MR) is 190 cm³/mol. The van der Waals surface area contributed by atoms with Crippen LogP contribution in [0.3, 0.4) is 0 Å². The van der Waals surface area contributed by atoms with Crippen LogP contribution in [0.1, 0.15) is 46.5 Å². The predicted octanol–water partition coefficient (Wildman–Crippen LogP) is 3.53. The van der Waals surface area contributed by atoms with Crippen molar-refractivity contribution in [1.82, 2.24) is 14.7 Å². The number of aliphatic hydroxyl groups excluding tert-OH is 1. The second-order valence-electron chi connectivity index (χ2n) is 13.0. The third kappa shape index (κ3) is 9.57. The SMILES string of the molecule is C[C@H]1CN([C@@H](C)CO)C(=O)c2cc(NC(=O)CCN3CCOCC3)ccc2O[C@@H]1CN(C)Cc1ccc(C(=O)Nc2ccccc2N)cc1. The van der Waals surface area contributed by atoms with E-state index < -0.39 is 6.04 Å². The number of fused-ring (bicyclic) bond motifs is 1. The Bertz CT molecular complexity index is 1590. The van der Waals surface area contributed by atoms with E-state index in [4.69, 9.17) is 15.2 Å². The lowest BCUT2D eigenvalue weighted by Crippen LogP contribution is -2.49. The number of nitrogen functional groups attached to an aromatic ring is 1. The van der Waals surface area contributed by atoms with E-state index in [9.17, 15) is 19.5 Å². The quantitative estimate of drug-likeness (QED) is 0.212. The summed E-state index contributed by atoms with van der Waals surface area (Å²) in [6.07, 6.45) is 0.0560. The topological polar surface area (TPSA) is 150 Å². The standard InChI is InChI=1S/C37H48N6O6/c1-25-21-43(26(2)24-44)37(47)30-20-29(39-35(45)14-15-42-16-18-48-19-17-42)12-13-33(30)49-34(25)23-41(3)22-27-8-10-28(11-9-27)36(46)40-32-7-5-4-6-31(32)38/h4-13,20,25-26,34,44H,14-19,21-24,38H2,1-3H3,(H,39,45)(H,40,46)/t25-,26-,34+/m0/s1. The first kappa shape index (κ1) is 35.8. The van der Waals surface area contributed by atoms with Gasteiger partial charge in [-0.1, -0.05) is 31.2 Å². The van der Waals surface area contributed by atoms with Crippen LogP contribution in [0.2, 0.25) is 0 Å². The van der Waals surface area contributed by atoms with Crippen LogP contribution in [0, 0.1) is 5.92 Å². The largest absolute Gasteiger partial charge is 0.488 e. The number of hydrogen-bond acceptors (Lipinski definition) is 9. The molecule has 3 amide bonds. The summed E-state index contributed by atoms with van der Waals surface area (Å²) in [6, 6.07) is 19.3. The summed E-state index contributed by atoms with van der Waals surface area (Å²) in [5.74, 6) is -0.233. The molecule has 262 valence electrons. The first-order valence-electron chi connectivity index (χ1n) is 16.9. The highest BCUT2D eigenvalue weighted by atomic mass is 16.5. The fourth-order valence-electron chi connectivity index (χ4n) is 6.08. The first-order chi connectivity index (χ1) is 23.6. The number of para-hydroxylation sites is 2. The van der Waals surface area contributed by atoms with Gasteiger partial charge in [-0.2, -0.15) is 0 Å². The maximum Gasteiger partial charge on any atom is 0.258 e. The molecule has 5 N–H and O–H groups in total. The number of nitrogens with one attached hydrogen (secondary N) is 2. The molecule has 49 heavy (non-hydrogen) atoms. The number of amides is 3. The molecule has 3 aromatic rings. The van der Waals surface area contributed by atoms with Crippen molar-refractivity contribution >= 4 is 34.8 Å². The Hall–Kier alpha value is -4.49. The zero-order valence-electron chi connectivity index (χ0n) is 28.6. The van der Waals surface area contributed by atoms with Gasteiger partial charge in [0, 0.05) is 62.9 Å². The molecule has 5 rings (SSSR count). The molecule has 0 aliphatic carbocycles. The molecule has 0 spiro atoms. The number of morpholine rings is 1. The first-order valence-corrected chi connectivity index (χ1v) is 16.9. The second kappa shape index (κ2) is 16.8. The number of ether oxygens (including phenoxy) is 2. The van der Waals surface area contributed by atoms with Crippen LogP contribution < -0.4 is 21.1 Å². The van der Waals surface area contributed by atoms with Gasteiger partial charge in [-0.25, -0.2) is 0 Å². The molecule has 1 saturated heterocycles. The van der Waals surface area contributed by atoms with Crippen LogP contribution in [0.4, 0.5) is 17.1 Å². The zero-order valence-corrected chi connectivity index (χ0v) is 28.6. The summed E-state index contributed by atoms with van der Waals surface area (Å²) in [5, 5.41) is 15.8. The van der Waals surface area contributed by atoms with E-state index in [2.05, 4.69) is 20.4 Å². The van der Waals surface area contributed by atoms with Crippen molar-refractivity contribution in [2.75, 3.05) is 76.0 Å². The van der Waals surface area contributed by atoms with E-state index in [0.29, 0.717) is 79.8 Å². The van der Waals surface area contributed by atoms with Crippen molar-refractivity contribution in [2.45, 2.75) is 39.0 Å². The smallest absolute Gasteiger partial charge is 0.258 e. The maximum absolute atomic E-state index is 13.8. The Balaban J connectivity index is 1.25. The third-order valence-electron chi connectivity index (χ3n) is 9.08. The number of hydrogen-bond donors (Lipinski definition) is 4. The molecule has 2 aliphatic heterocycles. The van der Waals surface area contributed by atoms with E-state index in [-0.39, 0.29) is 36.4 Å². The van der Waals surface area contributed by atoms with E-state index in [1.54, 1.807) is 47.4 Å². The molecule has 0 aromatic heterocycles. The molecule has 0 bridgehead atoms.